The van der Waals surface area contributed by atoms with Gasteiger partial charge in [0, 0.05) is 25.4 Å². The lowest BCUT2D eigenvalue weighted by atomic mass is 10.1. The lowest BCUT2D eigenvalue weighted by Crippen LogP contribution is -2.25. The van der Waals surface area contributed by atoms with Crippen LogP contribution in [0.5, 0.6) is 0 Å². The van der Waals surface area contributed by atoms with Gasteiger partial charge in [0.05, 0.1) is 11.1 Å². The van der Waals surface area contributed by atoms with Gasteiger partial charge in [-0.05, 0) is 12.5 Å². The van der Waals surface area contributed by atoms with E-state index >= 15 is 0 Å². The number of amides is 1. The van der Waals surface area contributed by atoms with Crippen molar-refractivity contribution in [2.24, 2.45) is 0 Å². The van der Waals surface area contributed by atoms with E-state index < -0.39 is 0 Å². The molecule has 7 nitrogen and oxygen atoms in total. The Morgan fingerprint density at radius 1 is 1.48 bits per heavy atom. The highest BCUT2D eigenvalue weighted by atomic mass is 16.2. The highest BCUT2D eigenvalue weighted by molar-refractivity contribution is 5.96. The predicted octanol–water partition coefficient (Wildman–Crippen LogP) is -0.0939. The van der Waals surface area contributed by atoms with Crippen LogP contribution >= 0.6 is 0 Å². The quantitative estimate of drug-likeness (QED) is 0.526. The monoisotopic (exact) mass is 285 g/mol. The van der Waals surface area contributed by atoms with Crippen molar-refractivity contribution >= 4 is 5.91 Å². The highest BCUT2D eigenvalue weighted by Crippen LogP contribution is 2.05. The van der Waals surface area contributed by atoms with Crippen LogP contribution in [0.3, 0.4) is 0 Å². The second kappa shape index (κ2) is 7.77. The third-order valence-corrected chi connectivity index (χ3v) is 2.71. The summed E-state index contributed by atoms with van der Waals surface area (Å²) in [6.45, 7) is 0.266. The molecule has 0 saturated heterocycles. The Morgan fingerprint density at radius 2 is 2.38 bits per heavy atom. The van der Waals surface area contributed by atoms with Gasteiger partial charge in [-0.2, -0.15) is 5.10 Å². The van der Waals surface area contributed by atoms with E-state index in [1.807, 2.05) is 0 Å². The molecule has 7 heteroatoms. The smallest absolute Gasteiger partial charge is 0.252 e. The van der Waals surface area contributed by atoms with E-state index in [1.54, 1.807) is 6.07 Å². The first-order valence-corrected chi connectivity index (χ1v) is 6.47. The number of nitrogens with one attached hydrogen (secondary N) is 2. The predicted molar refractivity (Wildman–Crippen MR) is 75.2 cm³/mol. The number of hydrogen-bond donors (Lipinski definition) is 3. The lowest BCUT2D eigenvalue weighted by molar-refractivity contribution is 0.0953. The van der Waals surface area contributed by atoms with E-state index in [1.165, 1.54) is 18.7 Å². The third kappa shape index (κ3) is 4.40. The maximum atomic E-state index is 12.1. The fourth-order valence-electron chi connectivity index (χ4n) is 1.73. The number of carbonyl (C=O) groups is 1. The number of H-pyrrole nitrogens is 1. The molecule has 0 aliphatic heterocycles. The standard InChI is InChI=1S/C14H15N5O2/c20-8-2-3-11-9-15-7-5-12(11)14(21)16-6-1-4-13-17-10-18-19-13/h5,7,9-10,20H,1,4,6,8H2,(H,16,21)(H,17,18,19). The summed E-state index contributed by atoms with van der Waals surface area (Å²) in [5.74, 6) is 5.81. The average Bonchev–Trinajstić information content (AvgIpc) is 3.03. The number of aromatic nitrogens is 4. The fraction of sp³-hybridized carbons (Fsp3) is 0.286. The van der Waals surface area contributed by atoms with Crippen LogP contribution in [0.25, 0.3) is 0 Å². The van der Waals surface area contributed by atoms with Crippen LogP contribution in [0.1, 0.15) is 28.2 Å². The Morgan fingerprint density at radius 3 is 3.14 bits per heavy atom. The number of nitrogens with zero attached hydrogens (tertiary/aromatic N) is 3. The van der Waals surface area contributed by atoms with Crippen molar-refractivity contribution in [2.45, 2.75) is 12.8 Å². The van der Waals surface area contributed by atoms with Crippen LogP contribution in [0.4, 0.5) is 0 Å². The molecule has 2 heterocycles. The number of aliphatic hydroxyl groups excluding tert-OH is 1. The lowest BCUT2D eigenvalue weighted by Gasteiger charge is -2.06. The molecule has 0 saturated carbocycles. The van der Waals surface area contributed by atoms with E-state index in [4.69, 9.17) is 5.11 Å². The molecule has 2 aromatic heterocycles. The largest absolute Gasteiger partial charge is 0.384 e. The van der Waals surface area contributed by atoms with Gasteiger partial charge in [-0.25, -0.2) is 4.98 Å². The molecule has 0 aliphatic carbocycles. The van der Waals surface area contributed by atoms with Gasteiger partial charge in [0.2, 0.25) is 0 Å². The summed E-state index contributed by atoms with van der Waals surface area (Å²) in [5.41, 5.74) is 0.949. The normalized spacial score (nSPS) is 9.76. The zero-order chi connectivity index (χ0) is 14.9. The second-order valence-electron chi connectivity index (χ2n) is 4.17. The third-order valence-electron chi connectivity index (χ3n) is 2.71. The molecule has 0 aromatic carbocycles. The minimum Gasteiger partial charge on any atom is -0.384 e. The second-order valence-corrected chi connectivity index (χ2v) is 4.17. The van der Waals surface area contributed by atoms with E-state index in [9.17, 15) is 4.79 Å². The number of carbonyl (C=O) groups excluding carboxylic acids is 1. The summed E-state index contributed by atoms with van der Waals surface area (Å²) in [6, 6.07) is 1.60. The molecule has 108 valence electrons. The van der Waals surface area contributed by atoms with E-state index in [0.717, 1.165) is 12.2 Å². The Bertz CT molecular complexity index is 643. The molecule has 0 aliphatic rings. The van der Waals surface area contributed by atoms with Crippen molar-refractivity contribution in [2.75, 3.05) is 13.2 Å². The molecule has 0 unspecified atom stereocenters. The molecule has 0 radical (unpaired) electrons. The number of hydrogen-bond acceptors (Lipinski definition) is 5. The molecule has 2 aromatic rings. The maximum absolute atomic E-state index is 12.1. The number of pyridine rings is 1. The molecular formula is C14H15N5O2. The van der Waals surface area contributed by atoms with Gasteiger partial charge in [-0.15, -0.1) is 0 Å². The van der Waals surface area contributed by atoms with Crippen molar-refractivity contribution in [1.29, 1.82) is 0 Å². The van der Waals surface area contributed by atoms with Gasteiger partial charge >= 0.3 is 0 Å². The zero-order valence-electron chi connectivity index (χ0n) is 11.3. The van der Waals surface area contributed by atoms with Crippen LogP contribution < -0.4 is 5.32 Å². The molecule has 0 spiro atoms. The molecular weight excluding hydrogens is 270 g/mol. The van der Waals surface area contributed by atoms with Crippen molar-refractivity contribution in [3.05, 3.63) is 41.7 Å². The first-order chi connectivity index (χ1) is 10.3. The van der Waals surface area contributed by atoms with Gasteiger partial charge in [-0.3, -0.25) is 14.9 Å². The van der Waals surface area contributed by atoms with Gasteiger partial charge in [0.25, 0.3) is 5.91 Å². The number of aromatic amines is 1. The van der Waals surface area contributed by atoms with Crippen LogP contribution in [0, 0.1) is 11.8 Å². The average molecular weight is 285 g/mol. The Labute approximate surface area is 121 Å². The summed E-state index contributed by atoms with van der Waals surface area (Å²) in [4.78, 5) is 20.0. The fourth-order valence-corrected chi connectivity index (χ4v) is 1.73. The van der Waals surface area contributed by atoms with Crippen LogP contribution in [0.2, 0.25) is 0 Å². The van der Waals surface area contributed by atoms with Gasteiger partial charge in [-0.1, -0.05) is 11.8 Å². The van der Waals surface area contributed by atoms with E-state index in [-0.39, 0.29) is 12.5 Å². The summed E-state index contributed by atoms with van der Waals surface area (Å²) >= 11 is 0. The SMILES string of the molecule is O=C(NCCCc1ncn[nH]1)c1ccncc1C#CCO. The van der Waals surface area contributed by atoms with E-state index in [2.05, 4.69) is 37.3 Å². The molecule has 1 amide bonds. The first kappa shape index (κ1) is 14.7. The van der Waals surface area contributed by atoms with Gasteiger partial charge < -0.3 is 10.4 Å². The van der Waals surface area contributed by atoms with Gasteiger partial charge in [0.1, 0.15) is 18.8 Å². The van der Waals surface area contributed by atoms with E-state index in [0.29, 0.717) is 24.1 Å². The zero-order valence-corrected chi connectivity index (χ0v) is 11.3. The van der Waals surface area contributed by atoms with Crippen LogP contribution in [0.15, 0.2) is 24.8 Å². The molecule has 21 heavy (non-hydrogen) atoms. The molecule has 3 N–H and O–H groups in total. The highest BCUT2D eigenvalue weighted by Gasteiger charge is 2.09. The van der Waals surface area contributed by atoms with Crippen molar-refractivity contribution in [3.8, 4) is 11.8 Å². The minimum atomic E-state index is -0.257. The van der Waals surface area contributed by atoms with Crippen molar-refractivity contribution in [1.82, 2.24) is 25.5 Å². The molecule has 0 bridgehead atoms. The summed E-state index contributed by atoms with van der Waals surface area (Å²) in [6.07, 6.45) is 5.97. The summed E-state index contributed by atoms with van der Waals surface area (Å²) in [7, 11) is 0. The number of aliphatic hydroxyl groups is 1. The van der Waals surface area contributed by atoms with Crippen molar-refractivity contribution < 1.29 is 9.90 Å². The van der Waals surface area contributed by atoms with Crippen molar-refractivity contribution in [3.63, 3.8) is 0 Å². The molecule has 0 atom stereocenters. The summed E-state index contributed by atoms with van der Waals surface area (Å²) < 4.78 is 0. The Balaban J connectivity index is 1.88. The molecule has 0 fully saturated rings. The summed E-state index contributed by atoms with van der Waals surface area (Å²) in [5, 5.41) is 18.1. The minimum absolute atomic E-state index is 0.211. The number of rotatable bonds is 5. The van der Waals surface area contributed by atoms with Crippen LogP contribution in [-0.4, -0.2) is 44.3 Å². The number of aryl methyl sites for hydroxylation is 1. The van der Waals surface area contributed by atoms with Gasteiger partial charge in [0.15, 0.2) is 0 Å². The Kier molecular flexibility index (Phi) is 5.43. The topological polar surface area (TPSA) is 104 Å². The molecule has 2 rings (SSSR count). The Hall–Kier alpha value is -2.72. The van der Waals surface area contributed by atoms with Crippen LogP contribution in [-0.2, 0) is 6.42 Å². The first-order valence-electron chi connectivity index (χ1n) is 6.47. The maximum Gasteiger partial charge on any atom is 0.252 e.